The zero-order valence-corrected chi connectivity index (χ0v) is 24.9. The van der Waals surface area contributed by atoms with E-state index in [4.69, 9.17) is 18.4 Å². The molecule has 204 valence electrons. The van der Waals surface area contributed by atoms with Gasteiger partial charge in [-0.1, -0.05) is 86.6 Å². The molecule has 1 aliphatic carbocycles. The molecule has 2 aromatic carbocycles. The van der Waals surface area contributed by atoms with Crippen molar-refractivity contribution in [1.29, 1.82) is 0 Å². The van der Waals surface area contributed by atoms with Gasteiger partial charge in [0, 0.05) is 23.2 Å². The molecule has 1 aliphatic heterocycles. The summed E-state index contributed by atoms with van der Waals surface area (Å²) in [6, 6.07) is 13.8. The molecule has 0 aromatic heterocycles. The van der Waals surface area contributed by atoms with E-state index in [1.165, 1.54) is 54.4 Å². The van der Waals surface area contributed by atoms with Gasteiger partial charge in [-0.3, -0.25) is 0 Å². The Morgan fingerprint density at radius 3 is 2.59 bits per heavy atom. The normalized spacial score (nSPS) is 18.4. The Morgan fingerprint density at radius 1 is 1.13 bits per heavy atom. The third kappa shape index (κ3) is 7.14. The third-order valence-corrected chi connectivity index (χ3v) is 8.08. The Bertz CT molecular complexity index is 1340. The van der Waals surface area contributed by atoms with Crippen molar-refractivity contribution < 1.29 is 0 Å². The average Bonchev–Trinajstić information content (AvgIpc) is 2.92. The fourth-order valence-corrected chi connectivity index (χ4v) is 6.15. The first-order chi connectivity index (χ1) is 18.8. The van der Waals surface area contributed by atoms with Gasteiger partial charge in [-0.2, -0.15) is 0 Å². The smallest absolute Gasteiger partial charge is 0.0707 e. The van der Waals surface area contributed by atoms with E-state index in [0.29, 0.717) is 16.6 Å². The Labute approximate surface area is 245 Å². The lowest BCUT2D eigenvalue weighted by Crippen LogP contribution is -2.37. The minimum Gasteiger partial charge on any atom is -0.397 e. The zero-order valence-electron chi connectivity index (χ0n) is 23.2. The number of nitrogens with two attached hydrogens (primary N) is 1. The van der Waals surface area contributed by atoms with Crippen molar-refractivity contribution in [2.75, 3.05) is 5.32 Å². The maximum absolute atomic E-state index is 6.54. The first kappa shape index (κ1) is 29.0. The van der Waals surface area contributed by atoms with Gasteiger partial charge in [0.2, 0.25) is 0 Å². The van der Waals surface area contributed by atoms with E-state index in [0.717, 1.165) is 28.4 Å². The molecule has 0 amide bonds. The van der Waals surface area contributed by atoms with Crippen molar-refractivity contribution in [2.24, 2.45) is 5.73 Å². The van der Waals surface area contributed by atoms with Crippen molar-refractivity contribution in [3.05, 3.63) is 124 Å². The summed E-state index contributed by atoms with van der Waals surface area (Å²) in [5.41, 5.74) is 15.5. The summed E-state index contributed by atoms with van der Waals surface area (Å²) in [5, 5.41) is 3.75. The summed E-state index contributed by atoms with van der Waals surface area (Å²) in [6.45, 7) is 12.7. The Kier molecular flexibility index (Phi) is 9.93. The van der Waals surface area contributed by atoms with Crippen molar-refractivity contribution in [1.82, 2.24) is 4.90 Å². The van der Waals surface area contributed by atoms with Crippen LogP contribution in [0, 0.1) is 6.92 Å². The van der Waals surface area contributed by atoms with E-state index in [1.54, 1.807) is 6.08 Å². The number of allylic oxidation sites excluding steroid dienone is 4. The highest BCUT2D eigenvalue weighted by atomic mass is 32.1. The second-order valence-corrected chi connectivity index (χ2v) is 11.5. The van der Waals surface area contributed by atoms with Gasteiger partial charge in [-0.05, 0) is 78.1 Å². The topological polar surface area (TPSA) is 41.3 Å². The molecule has 2 aliphatic rings. The van der Waals surface area contributed by atoms with Crippen molar-refractivity contribution in [2.45, 2.75) is 64.6 Å². The van der Waals surface area contributed by atoms with Crippen LogP contribution in [-0.2, 0) is 6.54 Å². The standard InChI is InChI=1S/C34H41N3S2/c1-5-10-34(39)28-16-13-23(3)19-29(28)32-18-15-26-21-25(14-17-31(26)36-32)22-37(27-11-8-7-9-12-27)33(6-2)30(35)20-24(4)38/h5-6,10,13-21,27,32,36,38-39H,1,4,7-9,11-12,22,35H2,2-3H3/b30-20+,33-6+,34-10-. The molecule has 1 atom stereocenters. The molecule has 39 heavy (non-hydrogen) atoms. The highest BCUT2D eigenvalue weighted by Crippen LogP contribution is 2.36. The molecule has 4 rings (SSSR count). The molecule has 1 unspecified atom stereocenters. The number of anilines is 1. The largest absolute Gasteiger partial charge is 0.397 e. The van der Waals surface area contributed by atoms with Gasteiger partial charge in [0.25, 0.3) is 0 Å². The lowest BCUT2D eigenvalue weighted by molar-refractivity contribution is 0.195. The lowest BCUT2D eigenvalue weighted by Gasteiger charge is -2.38. The number of rotatable bonds is 9. The fraction of sp³-hybridized carbons (Fsp3) is 0.294. The molecule has 3 N–H and O–H groups in total. The van der Waals surface area contributed by atoms with Crippen LogP contribution in [0.2, 0.25) is 0 Å². The first-order valence-corrected chi connectivity index (χ1v) is 14.7. The van der Waals surface area contributed by atoms with Crippen LogP contribution in [0.25, 0.3) is 11.0 Å². The van der Waals surface area contributed by atoms with Crippen LogP contribution >= 0.6 is 25.3 Å². The van der Waals surface area contributed by atoms with Crippen LogP contribution in [0.15, 0.2) is 96.2 Å². The molecule has 1 fully saturated rings. The number of benzene rings is 2. The van der Waals surface area contributed by atoms with Gasteiger partial charge < -0.3 is 16.0 Å². The number of thiol groups is 2. The highest BCUT2D eigenvalue weighted by molar-refractivity contribution is 7.90. The second-order valence-electron chi connectivity index (χ2n) is 10.5. The number of hydrogen-bond donors (Lipinski definition) is 4. The SMILES string of the molecule is C=C/C=C(\S)c1ccc(C)cc1C1C=Cc2cc(CN(C(=C/C)/C(N)=C\C(=C)S)C3CCCCC3)ccc2N1. The second kappa shape index (κ2) is 13.4. The molecular formula is C34H41N3S2. The number of hydrogen-bond acceptors (Lipinski definition) is 5. The molecule has 3 nitrogen and oxygen atoms in total. The van der Waals surface area contributed by atoms with Crippen LogP contribution < -0.4 is 11.1 Å². The predicted octanol–water partition coefficient (Wildman–Crippen LogP) is 8.96. The van der Waals surface area contributed by atoms with Gasteiger partial charge in [0.05, 0.1) is 17.4 Å². The molecular weight excluding hydrogens is 515 g/mol. The summed E-state index contributed by atoms with van der Waals surface area (Å²) in [7, 11) is 0. The first-order valence-electron chi connectivity index (χ1n) is 13.8. The highest BCUT2D eigenvalue weighted by Gasteiger charge is 2.25. The summed E-state index contributed by atoms with van der Waals surface area (Å²) < 4.78 is 0. The zero-order chi connectivity index (χ0) is 27.9. The van der Waals surface area contributed by atoms with Crippen molar-refractivity contribution in [3.63, 3.8) is 0 Å². The summed E-state index contributed by atoms with van der Waals surface area (Å²) >= 11 is 9.10. The van der Waals surface area contributed by atoms with Gasteiger partial charge >= 0.3 is 0 Å². The Balaban J connectivity index is 1.62. The predicted molar refractivity (Wildman–Crippen MR) is 177 cm³/mol. The van der Waals surface area contributed by atoms with Gasteiger partial charge in [-0.25, -0.2) is 0 Å². The van der Waals surface area contributed by atoms with Crippen LogP contribution in [0.4, 0.5) is 5.69 Å². The third-order valence-electron chi connectivity index (χ3n) is 7.56. The molecule has 0 bridgehead atoms. The molecule has 5 heteroatoms. The molecule has 1 saturated carbocycles. The molecule has 0 radical (unpaired) electrons. The monoisotopic (exact) mass is 555 g/mol. The van der Waals surface area contributed by atoms with Crippen LogP contribution in [0.3, 0.4) is 0 Å². The van der Waals surface area contributed by atoms with E-state index in [2.05, 4.69) is 104 Å². The number of fused-ring (bicyclic) bond motifs is 1. The summed E-state index contributed by atoms with van der Waals surface area (Å²) in [4.78, 5) is 4.07. The van der Waals surface area contributed by atoms with E-state index in [1.807, 2.05) is 12.2 Å². The summed E-state index contributed by atoms with van der Waals surface area (Å²) in [5.74, 6) is 0. The molecule has 2 aromatic rings. The minimum atomic E-state index is 0.0613. The van der Waals surface area contributed by atoms with Gasteiger partial charge in [0.1, 0.15) is 0 Å². The van der Waals surface area contributed by atoms with Crippen LogP contribution in [0.5, 0.6) is 0 Å². The number of nitrogens with zero attached hydrogens (tertiary/aromatic N) is 1. The van der Waals surface area contributed by atoms with Crippen molar-refractivity contribution in [3.8, 4) is 0 Å². The Morgan fingerprint density at radius 2 is 1.90 bits per heavy atom. The number of nitrogens with one attached hydrogen (secondary N) is 1. The van der Waals surface area contributed by atoms with Crippen LogP contribution in [0.1, 0.15) is 72.9 Å². The van der Waals surface area contributed by atoms with Crippen LogP contribution in [-0.4, -0.2) is 10.9 Å². The molecule has 1 heterocycles. The maximum atomic E-state index is 6.54. The van der Waals surface area contributed by atoms with E-state index in [9.17, 15) is 0 Å². The average molecular weight is 556 g/mol. The van der Waals surface area contributed by atoms with Gasteiger partial charge in [0.15, 0.2) is 0 Å². The quantitative estimate of drug-likeness (QED) is 0.184. The fourth-order valence-electron chi connectivity index (χ4n) is 5.70. The lowest BCUT2D eigenvalue weighted by atomic mass is 9.92. The number of aryl methyl sites for hydroxylation is 1. The van der Waals surface area contributed by atoms with E-state index >= 15 is 0 Å². The van der Waals surface area contributed by atoms with E-state index < -0.39 is 0 Å². The molecule has 0 saturated heterocycles. The maximum Gasteiger partial charge on any atom is 0.0707 e. The van der Waals surface area contributed by atoms with Gasteiger partial charge in [-0.15, -0.1) is 25.3 Å². The van der Waals surface area contributed by atoms with E-state index in [-0.39, 0.29) is 6.04 Å². The Hall–Kier alpha value is -3.02. The summed E-state index contributed by atoms with van der Waals surface area (Å²) in [6.07, 6.45) is 18.4. The van der Waals surface area contributed by atoms with Crippen molar-refractivity contribution >= 4 is 41.9 Å². The minimum absolute atomic E-state index is 0.0613. The molecule has 0 spiro atoms.